The van der Waals surface area contributed by atoms with Crippen LogP contribution in [0.25, 0.3) is 11.1 Å². The smallest absolute Gasteiger partial charge is 0.399 e. The molecule has 2 aromatic carbocycles. The fraction of sp³-hybridized carbons (Fsp3) is 0.318. The highest BCUT2D eigenvalue weighted by Gasteiger charge is 2.52. The zero-order valence-corrected chi connectivity index (χ0v) is 39.7. The van der Waals surface area contributed by atoms with Crippen LogP contribution in [0.1, 0.15) is 49.9 Å². The van der Waals surface area contributed by atoms with E-state index in [9.17, 15) is 28.2 Å². The molecule has 4 aliphatic heterocycles. The molecule has 0 bridgehead atoms. The Balaban J connectivity index is 0.000000163. The van der Waals surface area contributed by atoms with Gasteiger partial charge < -0.3 is 33.7 Å². The summed E-state index contributed by atoms with van der Waals surface area (Å²) in [4.78, 5) is 20.8. The third kappa shape index (κ3) is 12.8. The van der Waals surface area contributed by atoms with Crippen LogP contribution in [-0.4, -0.2) is 88.9 Å². The number of aromatic nitrogens is 3. The Morgan fingerprint density at radius 3 is 1.60 bits per heavy atom. The molecule has 5 aromatic rings. The summed E-state index contributed by atoms with van der Waals surface area (Å²) in [6.45, 7) is 9.02. The molecular formula is C44H39BBr2Cl2F3N5O8. The molecule has 3 aromatic heterocycles. The van der Waals surface area contributed by atoms with Crippen molar-refractivity contribution in [2.45, 2.75) is 50.1 Å². The van der Waals surface area contributed by atoms with Crippen molar-refractivity contribution in [3.8, 4) is 23.3 Å². The van der Waals surface area contributed by atoms with Gasteiger partial charge in [0.15, 0.2) is 5.78 Å². The first kappa shape index (κ1) is 51.6. The van der Waals surface area contributed by atoms with E-state index in [1.807, 2.05) is 45.9 Å². The third-order valence-corrected chi connectivity index (χ3v) is 11.9. The van der Waals surface area contributed by atoms with E-state index in [0.29, 0.717) is 49.4 Å². The quantitative estimate of drug-likeness (QED) is 0.165. The van der Waals surface area contributed by atoms with E-state index in [1.165, 1.54) is 24.7 Å². The van der Waals surface area contributed by atoms with Crippen molar-refractivity contribution in [1.29, 1.82) is 10.5 Å². The number of benzene rings is 2. The Morgan fingerprint density at radius 1 is 0.692 bits per heavy atom. The number of ketones is 1. The molecule has 7 heterocycles. The van der Waals surface area contributed by atoms with Gasteiger partial charge in [-0.1, -0.05) is 35.3 Å². The topological polar surface area (TPSA) is 190 Å². The van der Waals surface area contributed by atoms with Gasteiger partial charge in [0.25, 0.3) is 0 Å². The maximum absolute atomic E-state index is 14.1. The highest BCUT2D eigenvalue weighted by Crippen LogP contribution is 2.40. The lowest BCUT2D eigenvalue weighted by Gasteiger charge is -2.38. The predicted octanol–water partition coefficient (Wildman–Crippen LogP) is 7.91. The largest absolute Gasteiger partial charge is 0.494 e. The van der Waals surface area contributed by atoms with Crippen LogP contribution in [0, 0.1) is 40.1 Å². The molecule has 21 heteroatoms. The van der Waals surface area contributed by atoms with Gasteiger partial charge in [-0.25, -0.2) is 13.2 Å². The number of hydrogen-bond acceptors (Lipinski definition) is 13. The molecule has 340 valence electrons. The molecule has 4 fully saturated rings. The average Bonchev–Trinajstić information content (AvgIpc) is 3.44. The number of halogens is 7. The second-order valence-corrected chi connectivity index (χ2v) is 18.3. The molecule has 13 nitrogen and oxygen atoms in total. The van der Waals surface area contributed by atoms with E-state index >= 15 is 0 Å². The van der Waals surface area contributed by atoms with Gasteiger partial charge in [-0.2, -0.15) is 10.5 Å². The van der Waals surface area contributed by atoms with Gasteiger partial charge in [0, 0.05) is 44.2 Å². The summed E-state index contributed by atoms with van der Waals surface area (Å²) in [5, 5.41) is 38.6. The fourth-order valence-electron chi connectivity index (χ4n) is 5.95. The SMILES string of the molecule is CC1(C)OB(c2ccc(C#N)c(Cl)c2)OC1(C)C.Fc1cncc(Br)c1.N#Cc1ccc(-c2cncc(F)c2C2(O)COC2)cc1Cl.O=C1COC1.OC1(c2c(F)cncc2Br)COC1. The van der Waals surface area contributed by atoms with Crippen molar-refractivity contribution in [2.75, 3.05) is 39.6 Å². The number of rotatable bonds is 4. The first-order valence-corrected chi connectivity index (χ1v) is 21.6. The van der Waals surface area contributed by atoms with Gasteiger partial charge in [-0.05, 0) is 101 Å². The Hall–Kier alpha value is -4.35. The molecule has 4 saturated heterocycles. The summed E-state index contributed by atoms with van der Waals surface area (Å²) in [6.07, 6.45) is 7.74. The van der Waals surface area contributed by atoms with Crippen LogP contribution in [0.2, 0.25) is 10.0 Å². The zero-order chi connectivity index (χ0) is 47.7. The second kappa shape index (κ2) is 22.0. The number of carbonyl (C=O) groups is 1. The lowest BCUT2D eigenvalue weighted by atomic mass is 9.79. The summed E-state index contributed by atoms with van der Waals surface area (Å²) >= 11 is 18.2. The van der Waals surface area contributed by atoms with Crippen molar-refractivity contribution >= 4 is 73.4 Å². The highest BCUT2D eigenvalue weighted by atomic mass is 79.9. The first-order valence-electron chi connectivity index (χ1n) is 19.3. The number of nitriles is 2. The van der Waals surface area contributed by atoms with Gasteiger partial charge >= 0.3 is 7.12 Å². The molecule has 9 rings (SSSR count). The molecule has 0 atom stereocenters. The van der Waals surface area contributed by atoms with Crippen molar-refractivity contribution in [3.63, 3.8) is 0 Å². The molecule has 2 N–H and O–H groups in total. The standard InChI is InChI=1S/C15H10ClFN2O2.C13H15BClNO2.C8H7BrFNO2.C5H3BrFN.C3H4O2/c16-12-3-9(1-2-10(12)4-18)11-5-19-6-13(17)14(11)15(20)7-21-8-15;1-12(2)13(3,4)18-14(17-12)10-6-5-9(8-16)11(15)7-10;9-5-1-11-2-6(10)7(5)8(12)3-13-4-8;6-4-1-5(7)3-8-2-4;4-3-1-5-2-3/h1-3,5-6,20H,7-8H2;5-7H,1-4H3;1-2,12H,3-4H2;1-3H;1-2H2. The van der Waals surface area contributed by atoms with E-state index in [0.717, 1.165) is 24.1 Å². The van der Waals surface area contributed by atoms with Crippen LogP contribution in [0.3, 0.4) is 0 Å². The van der Waals surface area contributed by atoms with Crippen LogP contribution in [0.15, 0.2) is 88.6 Å². The van der Waals surface area contributed by atoms with Gasteiger partial charge in [0.1, 0.15) is 54.0 Å². The highest BCUT2D eigenvalue weighted by molar-refractivity contribution is 9.10. The maximum atomic E-state index is 14.1. The maximum Gasteiger partial charge on any atom is 0.494 e. The van der Waals surface area contributed by atoms with Gasteiger partial charge in [-0.3, -0.25) is 19.7 Å². The summed E-state index contributed by atoms with van der Waals surface area (Å²) in [5.74, 6) is -1.22. The van der Waals surface area contributed by atoms with E-state index in [2.05, 4.69) is 51.5 Å². The Labute approximate surface area is 399 Å². The van der Waals surface area contributed by atoms with Crippen molar-refractivity contribution in [1.82, 2.24) is 15.0 Å². The number of ether oxygens (including phenoxy) is 3. The molecule has 0 aliphatic carbocycles. The number of carbonyl (C=O) groups excluding carboxylic acids is 1. The monoisotopic (exact) mass is 1060 g/mol. The Morgan fingerprint density at radius 2 is 1.18 bits per heavy atom. The number of aliphatic hydroxyl groups is 2. The van der Waals surface area contributed by atoms with Gasteiger partial charge in [-0.15, -0.1) is 0 Å². The lowest BCUT2D eigenvalue weighted by molar-refractivity contribution is -0.186. The van der Waals surface area contributed by atoms with Crippen molar-refractivity contribution in [2.24, 2.45) is 0 Å². The minimum atomic E-state index is -1.36. The number of hydrogen-bond donors (Lipinski definition) is 2. The van der Waals surface area contributed by atoms with E-state index in [1.54, 1.807) is 30.3 Å². The lowest BCUT2D eigenvalue weighted by Crippen LogP contribution is -2.47. The van der Waals surface area contributed by atoms with Crippen LogP contribution in [0.5, 0.6) is 0 Å². The predicted molar refractivity (Wildman–Crippen MR) is 240 cm³/mol. The van der Waals surface area contributed by atoms with Crippen LogP contribution < -0.4 is 5.46 Å². The minimum Gasteiger partial charge on any atom is -0.399 e. The normalized spacial score (nSPS) is 17.7. The molecule has 0 saturated carbocycles. The van der Waals surface area contributed by atoms with E-state index in [-0.39, 0.29) is 65.4 Å². The van der Waals surface area contributed by atoms with Crippen molar-refractivity contribution in [3.05, 3.63) is 138 Å². The second-order valence-electron chi connectivity index (χ2n) is 15.7. The Bertz CT molecular complexity index is 2560. The number of Topliss-reactive ketones (excluding diaryl/α,β-unsaturated/α-hetero) is 1. The summed E-state index contributed by atoms with van der Waals surface area (Å²) in [7, 11) is -0.444. The zero-order valence-electron chi connectivity index (χ0n) is 35.1. The summed E-state index contributed by atoms with van der Waals surface area (Å²) in [5.41, 5.74) is -0.289. The molecular weight excluding hydrogens is 1030 g/mol. The molecule has 0 spiro atoms. The molecule has 4 aliphatic rings. The third-order valence-electron chi connectivity index (χ3n) is 10.3. The van der Waals surface area contributed by atoms with E-state index < -0.39 is 30.0 Å². The number of nitrogens with zero attached hydrogens (tertiary/aromatic N) is 5. The number of pyridine rings is 3. The molecule has 65 heavy (non-hydrogen) atoms. The fourth-order valence-corrected chi connectivity index (χ4v) is 7.42. The molecule has 0 amide bonds. The van der Waals surface area contributed by atoms with Gasteiger partial charge in [0.05, 0.1) is 77.4 Å². The average molecular weight is 1060 g/mol. The first-order chi connectivity index (χ1) is 30.6. The molecule has 0 unspecified atom stereocenters. The van der Waals surface area contributed by atoms with Gasteiger partial charge in [0.2, 0.25) is 0 Å². The van der Waals surface area contributed by atoms with Crippen LogP contribution in [-0.2, 0) is 39.5 Å². The Kier molecular flexibility index (Phi) is 17.5. The van der Waals surface area contributed by atoms with Crippen LogP contribution in [0.4, 0.5) is 13.2 Å². The summed E-state index contributed by atoms with van der Waals surface area (Å²) in [6, 6.07) is 15.3. The molecule has 0 radical (unpaired) electrons. The van der Waals surface area contributed by atoms with Crippen LogP contribution >= 0.6 is 55.1 Å². The van der Waals surface area contributed by atoms with E-state index in [4.69, 9.17) is 52.5 Å². The summed E-state index contributed by atoms with van der Waals surface area (Å²) < 4.78 is 66.8. The minimum absolute atomic E-state index is 0.0327. The van der Waals surface area contributed by atoms with Crippen molar-refractivity contribution < 1.29 is 51.7 Å².